The van der Waals surface area contributed by atoms with Crippen molar-refractivity contribution >= 4 is 23.1 Å². The molecule has 0 saturated carbocycles. The zero-order valence-corrected chi connectivity index (χ0v) is 11.2. The summed E-state index contributed by atoms with van der Waals surface area (Å²) < 4.78 is 0. The van der Waals surface area contributed by atoms with Gasteiger partial charge in [-0.1, -0.05) is 19.4 Å². The van der Waals surface area contributed by atoms with E-state index in [-0.39, 0.29) is 0 Å². The summed E-state index contributed by atoms with van der Waals surface area (Å²) in [5.41, 5.74) is 1.43. The third-order valence-corrected chi connectivity index (χ3v) is 2.72. The number of hydrogen-bond donors (Lipinski definition) is 1. The van der Waals surface area contributed by atoms with Crippen molar-refractivity contribution in [3.8, 4) is 0 Å². The number of hydrogen-bond acceptors (Lipinski definition) is 4. The average Bonchev–Trinajstić information content (AvgIpc) is 2.32. The van der Waals surface area contributed by atoms with E-state index in [2.05, 4.69) is 17.2 Å². The molecule has 0 aromatic heterocycles. The standard InChI is InChI=1S/C12H20N2OS/c1-5-6-7-12(13-3)11(9-15)8-14-10(2)16-4/h7-9,13H,5-6H2,1-4H3/b11-8-,12-7-,14-10?. The van der Waals surface area contributed by atoms with E-state index in [4.69, 9.17) is 0 Å². The molecular formula is C12H20N2OS. The van der Waals surface area contributed by atoms with Crippen LogP contribution in [-0.4, -0.2) is 24.6 Å². The molecule has 0 bridgehead atoms. The molecule has 0 aliphatic heterocycles. The fourth-order valence-electron chi connectivity index (χ4n) is 1.03. The molecule has 16 heavy (non-hydrogen) atoms. The van der Waals surface area contributed by atoms with Gasteiger partial charge >= 0.3 is 0 Å². The Morgan fingerprint density at radius 2 is 2.19 bits per heavy atom. The van der Waals surface area contributed by atoms with E-state index in [0.717, 1.165) is 29.9 Å². The van der Waals surface area contributed by atoms with Crippen molar-refractivity contribution in [1.29, 1.82) is 0 Å². The number of rotatable bonds is 6. The molecular weight excluding hydrogens is 220 g/mol. The van der Waals surface area contributed by atoms with Crippen molar-refractivity contribution in [2.45, 2.75) is 26.7 Å². The fourth-order valence-corrected chi connectivity index (χ4v) is 1.19. The maximum Gasteiger partial charge on any atom is 0.153 e. The quantitative estimate of drug-likeness (QED) is 0.255. The van der Waals surface area contributed by atoms with Crippen LogP contribution in [0.2, 0.25) is 0 Å². The SMILES string of the molecule is CCC/C=C(NC)/C(C=O)=C\N=C(C)SC. The fraction of sp³-hybridized carbons (Fsp3) is 0.500. The van der Waals surface area contributed by atoms with Crippen LogP contribution in [-0.2, 0) is 4.79 Å². The molecule has 0 radical (unpaired) electrons. The van der Waals surface area contributed by atoms with Crippen LogP contribution in [0.15, 0.2) is 28.5 Å². The Morgan fingerprint density at radius 1 is 1.50 bits per heavy atom. The van der Waals surface area contributed by atoms with Crippen LogP contribution in [0.4, 0.5) is 0 Å². The number of nitrogens with zero attached hydrogens (tertiary/aromatic N) is 1. The van der Waals surface area contributed by atoms with E-state index in [0.29, 0.717) is 5.57 Å². The van der Waals surface area contributed by atoms with Crippen LogP contribution in [0, 0.1) is 0 Å². The van der Waals surface area contributed by atoms with Crippen LogP contribution < -0.4 is 5.32 Å². The van der Waals surface area contributed by atoms with E-state index in [1.54, 1.807) is 18.0 Å². The summed E-state index contributed by atoms with van der Waals surface area (Å²) in [5, 5.41) is 3.95. The Labute approximate surface area is 102 Å². The van der Waals surface area contributed by atoms with Crippen LogP contribution in [0.3, 0.4) is 0 Å². The van der Waals surface area contributed by atoms with Gasteiger partial charge in [0.25, 0.3) is 0 Å². The summed E-state index contributed by atoms with van der Waals surface area (Å²) in [4.78, 5) is 15.1. The predicted octanol–water partition coefficient (Wildman–Crippen LogP) is 2.75. The largest absolute Gasteiger partial charge is 0.388 e. The lowest BCUT2D eigenvalue weighted by Gasteiger charge is -2.05. The highest BCUT2D eigenvalue weighted by Crippen LogP contribution is 2.07. The summed E-state index contributed by atoms with van der Waals surface area (Å²) >= 11 is 1.56. The maximum absolute atomic E-state index is 10.9. The molecule has 0 aliphatic rings. The number of carbonyl (C=O) groups excluding carboxylic acids is 1. The van der Waals surface area contributed by atoms with Gasteiger partial charge < -0.3 is 5.32 Å². The van der Waals surface area contributed by atoms with E-state index < -0.39 is 0 Å². The van der Waals surface area contributed by atoms with Crippen molar-refractivity contribution in [3.63, 3.8) is 0 Å². The lowest BCUT2D eigenvalue weighted by atomic mass is 10.2. The normalized spacial score (nSPS) is 13.9. The van der Waals surface area contributed by atoms with Crippen molar-refractivity contribution in [2.75, 3.05) is 13.3 Å². The number of likely N-dealkylation sites (N-methyl/N-ethyl adjacent to an activating group) is 1. The van der Waals surface area contributed by atoms with Crippen LogP contribution in [0.1, 0.15) is 26.7 Å². The first-order valence-corrected chi connectivity index (χ1v) is 6.54. The van der Waals surface area contributed by atoms with E-state index in [9.17, 15) is 4.79 Å². The second-order valence-corrected chi connectivity index (χ2v) is 4.21. The average molecular weight is 240 g/mol. The Kier molecular flexibility index (Phi) is 8.62. The highest BCUT2D eigenvalue weighted by molar-refractivity contribution is 8.13. The molecule has 0 saturated heterocycles. The van der Waals surface area contributed by atoms with Gasteiger partial charge in [-0.2, -0.15) is 0 Å². The van der Waals surface area contributed by atoms with Gasteiger partial charge in [0.2, 0.25) is 0 Å². The number of carbonyl (C=O) groups is 1. The molecule has 0 spiro atoms. The van der Waals surface area contributed by atoms with Crippen LogP contribution >= 0.6 is 11.8 Å². The number of nitrogens with one attached hydrogen (secondary N) is 1. The van der Waals surface area contributed by atoms with E-state index in [1.807, 2.05) is 26.3 Å². The first kappa shape index (κ1) is 15.0. The number of thioether (sulfide) groups is 1. The monoisotopic (exact) mass is 240 g/mol. The second-order valence-electron chi connectivity index (χ2n) is 3.21. The first-order valence-electron chi connectivity index (χ1n) is 5.31. The highest BCUT2D eigenvalue weighted by atomic mass is 32.2. The number of allylic oxidation sites excluding steroid dienone is 2. The molecule has 1 N–H and O–H groups in total. The topological polar surface area (TPSA) is 41.5 Å². The van der Waals surface area contributed by atoms with Gasteiger partial charge in [0.05, 0.1) is 10.6 Å². The molecule has 4 heteroatoms. The van der Waals surface area contributed by atoms with Crippen LogP contribution in [0.5, 0.6) is 0 Å². The van der Waals surface area contributed by atoms with Gasteiger partial charge in [-0.15, -0.1) is 11.8 Å². The predicted molar refractivity (Wildman–Crippen MR) is 72.8 cm³/mol. The molecule has 0 heterocycles. The molecule has 0 fully saturated rings. The lowest BCUT2D eigenvalue weighted by molar-refractivity contribution is -0.104. The summed E-state index contributed by atoms with van der Waals surface area (Å²) in [6.45, 7) is 4.02. The minimum atomic E-state index is 0.587. The molecule has 0 unspecified atom stereocenters. The highest BCUT2D eigenvalue weighted by Gasteiger charge is 2.00. The summed E-state index contributed by atoms with van der Waals surface area (Å²) in [7, 11) is 1.81. The molecule has 0 aliphatic carbocycles. The summed E-state index contributed by atoms with van der Waals surface area (Å²) in [6, 6.07) is 0. The van der Waals surface area contributed by atoms with Gasteiger partial charge in [-0.25, -0.2) is 0 Å². The summed E-state index contributed by atoms with van der Waals surface area (Å²) in [6.07, 6.45) is 8.42. The molecule has 0 rings (SSSR count). The smallest absolute Gasteiger partial charge is 0.153 e. The minimum absolute atomic E-state index is 0.587. The van der Waals surface area contributed by atoms with E-state index in [1.165, 1.54) is 0 Å². The minimum Gasteiger partial charge on any atom is -0.388 e. The van der Waals surface area contributed by atoms with Crippen molar-refractivity contribution in [3.05, 3.63) is 23.5 Å². The lowest BCUT2D eigenvalue weighted by Crippen LogP contribution is -2.09. The zero-order chi connectivity index (χ0) is 12.4. The molecule has 0 aromatic carbocycles. The maximum atomic E-state index is 10.9. The number of aldehydes is 1. The Hall–Kier alpha value is -1.03. The molecule has 0 amide bonds. The van der Waals surface area contributed by atoms with Gasteiger partial charge in [0, 0.05) is 18.9 Å². The van der Waals surface area contributed by atoms with Crippen molar-refractivity contribution in [1.82, 2.24) is 5.32 Å². The molecule has 0 aromatic rings. The Balaban J connectivity index is 4.87. The molecule has 0 atom stereocenters. The third-order valence-electron chi connectivity index (χ3n) is 2.03. The first-order chi connectivity index (χ1) is 7.69. The Bertz CT molecular complexity index is 306. The van der Waals surface area contributed by atoms with Gasteiger partial charge in [0.15, 0.2) is 6.29 Å². The van der Waals surface area contributed by atoms with Crippen molar-refractivity contribution < 1.29 is 4.79 Å². The van der Waals surface area contributed by atoms with Gasteiger partial charge in [-0.3, -0.25) is 9.79 Å². The van der Waals surface area contributed by atoms with Crippen molar-refractivity contribution in [2.24, 2.45) is 4.99 Å². The van der Waals surface area contributed by atoms with Gasteiger partial charge in [-0.05, 0) is 19.6 Å². The number of aliphatic imine (C=N–C) groups is 1. The summed E-state index contributed by atoms with van der Waals surface area (Å²) in [5.74, 6) is 0. The number of unbranched alkanes of at least 4 members (excludes halogenated alkanes) is 1. The second kappa shape index (κ2) is 9.21. The third kappa shape index (κ3) is 5.75. The zero-order valence-electron chi connectivity index (χ0n) is 10.4. The Morgan fingerprint density at radius 3 is 2.62 bits per heavy atom. The van der Waals surface area contributed by atoms with Crippen LogP contribution in [0.25, 0.3) is 0 Å². The van der Waals surface area contributed by atoms with Gasteiger partial charge in [0.1, 0.15) is 0 Å². The molecule has 3 nitrogen and oxygen atoms in total. The molecule has 90 valence electrons. The van der Waals surface area contributed by atoms with E-state index >= 15 is 0 Å².